The minimum absolute atomic E-state index is 0.0375. The summed E-state index contributed by atoms with van der Waals surface area (Å²) in [6.45, 7) is 4.12. The molecule has 4 heteroatoms. The molecule has 1 rings (SSSR count). The smallest absolute Gasteiger partial charge is 0.142 e. The van der Waals surface area contributed by atoms with E-state index in [-0.39, 0.29) is 5.02 Å². The molecule has 21 heavy (non-hydrogen) atoms. The van der Waals surface area contributed by atoms with Crippen LogP contribution in [-0.2, 0) is 5.54 Å². The lowest BCUT2D eigenvalue weighted by atomic mass is 9.87. The zero-order valence-electron chi connectivity index (χ0n) is 13.0. The summed E-state index contributed by atoms with van der Waals surface area (Å²) >= 11 is 11.9. The molecule has 0 radical (unpaired) electrons. The zero-order chi connectivity index (χ0) is 15.9. The highest BCUT2D eigenvalue weighted by molar-refractivity contribution is 6.35. The minimum Gasteiger partial charge on any atom is -0.322 e. The molecule has 1 nitrogen and oxygen atoms in total. The van der Waals surface area contributed by atoms with Crippen molar-refractivity contribution in [1.29, 1.82) is 0 Å². The SMILES string of the molecule is CCCCCCCCCC(C)(N)c1cc(F)c(Cl)cc1Cl. The largest absolute Gasteiger partial charge is 0.322 e. The summed E-state index contributed by atoms with van der Waals surface area (Å²) in [5.74, 6) is -0.465. The van der Waals surface area contributed by atoms with Crippen LogP contribution in [0.15, 0.2) is 12.1 Å². The van der Waals surface area contributed by atoms with Gasteiger partial charge in [-0.1, -0.05) is 75.1 Å². The highest BCUT2D eigenvalue weighted by Gasteiger charge is 2.24. The second-order valence-corrected chi connectivity index (χ2v) is 6.85. The monoisotopic (exact) mass is 333 g/mol. The summed E-state index contributed by atoms with van der Waals surface area (Å²) in [4.78, 5) is 0. The Balaban J connectivity index is 2.48. The van der Waals surface area contributed by atoms with Crippen molar-refractivity contribution in [2.45, 2.75) is 70.8 Å². The summed E-state index contributed by atoms with van der Waals surface area (Å²) in [6.07, 6.45) is 9.39. The van der Waals surface area contributed by atoms with Gasteiger partial charge in [-0.15, -0.1) is 0 Å². The van der Waals surface area contributed by atoms with E-state index in [2.05, 4.69) is 6.92 Å². The van der Waals surface area contributed by atoms with Crippen molar-refractivity contribution in [3.63, 3.8) is 0 Å². The minimum atomic E-state index is -0.619. The average Bonchev–Trinajstić information content (AvgIpc) is 2.41. The molecule has 0 fully saturated rings. The first-order valence-corrected chi connectivity index (χ1v) is 8.58. The lowest BCUT2D eigenvalue weighted by Crippen LogP contribution is -2.33. The maximum atomic E-state index is 13.6. The normalized spacial score (nSPS) is 14.2. The van der Waals surface area contributed by atoms with Gasteiger partial charge in [0, 0.05) is 10.6 Å². The Labute approximate surface area is 138 Å². The Morgan fingerprint density at radius 2 is 1.57 bits per heavy atom. The van der Waals surface area contributed by atoms with Crippen LogP contribution in [0, 0.1) is 5.82 Å². The molecule has 0 amide bonds. The van der Waals surface area contributed by atoms with Gasteiger partial charge in [-0.25, -0.2) is 4.39 Å². The van der Waals surface area contributed by atoms with Gasteiger partial charge < -0.3 is 5.73 Å². The molecule has 0 heterocycles. The van der Waals surface area contributed by atoms with Crippen LogP contribution in [0.5, 0.6) is 0 Å². The zero-order valence-corrected chi connectivity index (χ0v) is 14.5. The molecular formula is C17H26Cl2FN. The Morgan fingerprint density at radius 1 is 1.00 bits per heavy atom. The van der Waals surface area contributed by atoms with E-state index >= 15 is 0 Å². The quantitative estimate of drug-likeness (QED) is 0.408. The van der Waals surface area contributed by atoms with Gasteiger partial charge in [-0.3, -0.25) is 0 Å². The van der Waals surface area contributed by atoms with Crippen LogP contribution in [-0.4, -0.2) is 0 Å². The van der Waals surface area contributed by atoms with Crippen LogP contribution < -0.4 is 5.73 Å². The highest BCUT2D eigenvalue weighted by atomic mass is 35.5. The fourth-order valence-electron chi connectivity index (χ4n) is 2.54. The summed E-state index contributed by atoms with van der Waals surface area (Å²) in [5, 5.41) is 0.477. The maximum Gasteiger partial charge on any atom is 0.142 e. The second kappa shape index (κ2) is 8.97. The molecule has 0 spiro atoms. The lowest BCUT2D eigenvalue weighted by molar-refractivity contribution is 0.419. The van der Waals surface area contributed by atoms with E-state index in [0.29, 0.717) is 10.6 Å². The van der Waals surface area contributed by atoms with E-state index in [1.54, 1.807) is 0 Å². The molecule has 0 bridgehead atoms. The average molecular weight is 334 g/mol. The van der Waals surface area contributed by atoms with Crippen LogP contribution in [0.4, 0.5) is 4.39 Å². The van der Waals surface area contributed by atoms with Crippen molar-refractivity contribution in [2.24, 2.45) is 5.73 Å². The topological polar surface area (TPSA) is 26.0 Å². The molecule has 0 saturated carbocycles. The molecular weight excluding hydrogens is 308 g/mol. The number of rotatable bonds is 9. The lowest BCUT2D eigenvalue weighted by Gasteiger charge is -2.26. The standard InChI is InChI=1S/C17H26Cl2FN/c1-3-4-5-6-7-8-9-10-17(2,21)13-11-16(20)15(19)12-14(13)18/h11-12H,3-10,21H2,1-2H3. The summed E-state index contributed by atoms with van der Waals surface area (Å²) in [6, 6.07) is 2.80. The van der Waals surface area contributed by atoms with E-state index in [4.69, 9.17) is 28.9 Å². The maximum absolute atomic E-state index is 13.6. The summed E-state index contributed by atoms with van der Waals surface area (Å²) in [5.41, 5.74) is 6.34. The number of unbranched alkanes of at least 4 members (excludes halogenated alkanes) is 6. The van der Waals surface area contributed by atoms with Crippen LogP contribution in [0.2, 0.25) is 10.0 Å². The molecule has 0 aromatic heterocycles. The van der Waals surface area contributed by atoms with Crippen LogP contribution >= 0.6 is 23.2 Å². The van der Waals surface area contributed by atoms with Crippen LogP contribution in [0.3, 0.4) is 0 Å². The van der Waals surface area contributed by atoms with E-state index in [9.17, 15) is 4.39 Å². The van der Waals surface area contributed by atoms with E-state index in [0.717, 1.165) is 19.3 Å². The number of hydrogen-bond acceptors (Lipinski definition) is 1. The Bertz CT molecular complexity index is 447. The molecule has 0 aliphatic rings. The van der Waals surface area contributed by atoms with Gasteiger partial charge in [-0.2, -0.15) is 0 Å². The molecule has 1 unspecified atom stereocenters. The van der Waals surface area contributed by atoms with Crippen LogP contribution in [0.1, 0.15) is 70.8 Å². The Hall–Kier alpha value is -0.310. The fourth-order valence-corrected chi connectivity index (χ4v) is 3.14. The van der Waals surface area contributed by atoms with Gasteiger partial charge in [0.15, 0.2) is 0 Å². The molecule has 120 valence electrons. The predicted molar refractivity (Wildman–Crippen MR) is 90.6 cm³/mol. The third-order valence-electron chi connectivity index (χ3n) is 3.92. The van der Waals surface area contributed by atoms with E-state index in [1.807, 2.05) is 6.92 Å². The van der Waals surface area contributed by atoms with E-state index < -0.39 is 11.4 Å². The number of hydrogen-bond donors (Lipinski definition) is 1. The van der Waals surface area contributed by atoms with Gasteiger partial charge in [0.05, 0.1) is 5.02 Å². The second-order valence-electron chi connectivity index (χ2n) is 6.03. The van der Waals surface area contributed by atoms with Gasteiger partial charge in [0.25, 0.3) is 0 Å². The molecule has 0 aliphatic heterocycles. The van der Waals surface area contributed by atoms with Crippen molar-refractivity contribution < 1.29 is 4.39 Å². The third kappa shape index (κ3) is 6.14. The predicted octanol–water partition coefficient (Wildman–Crippen LogP) is 6.45. The molecule has 0 saturated heterocycles. The number of halogens is 3. The van der Waals surface area contributed by atoms with Gasteiger partial charge in [0.2, 0.25) is 0 Å². The van der Waals surface area contributed by atoms with Gasteiger partial charge >= 0.3 is 0 Å². The summed E-state index contributed by atoms with van der Waals surface area (Å²) in [7, 11) is 0. The first-order chi connectivity index (χ1) is 9.88. The molecule has 1 atom stereocenters. The Morgan fingerprint density at radius 3 is 2.19 bits per heavy atom. The number of nitrogens with two attached hydrogens (primary N) is 1. The molecule has 2 N–H and O–H groups in total. The van der Waals surface area contributed by atoms with Gasteiger partial charge in [-0.05, 0) is 31.0 Å². The summed E-state index contributed by atoms with van der Waals surface area (Å²) < 4.78 is 13.6. The molecule has 1 aromatic rings. The van der Waals surface area contributed by atoms with Crippen molar-refractivity contribution in [1.82, 2.24) is 0 Å². The first-order valence-electron chi connectivity index (χ1n) is 7.82. The third-order valence-corrected chi connectivity index (χ3v) is 4.53. The van der Waals surface area contributed by atoms with Crippen LogP contribution in [0.25, 0.3) is 0 Å². The highest BCUT2D eigenvalue weighted by Crippen LogP contribution is 2.33. The molecule has 1 aromatic carbocycles. The van der Waals surface area contributed by atoms with Crippen molar-refractivity contribution in [2.75, 3.05) is 0 Å². The molecule has 0 aliphatic carbocycles. The van der Waals surface area contributed by atoms with Crippen molar-refractivity contribution in [3.05, 3.63) is 33.6 Å². The van der Waals surface area contributed by atoms with Crippen molar-refractivity contribution >= 4 is 23.2 Å². The Kier molecular flexibility index (Phi) is 8.00. The van der Waals surface area contributed by atoms with Gasteiger partial charge in [0.1, 0.15) is 5.82 Å². The van der Waals surface area contributed by atoms with Crippen molar-refractivity contribution in [3.8, 4) is 0 Å². The fraction of sp³-hybridized carbons (Fsp3) is 0.647. The first kappa shape index (κ1) is 18.7. The number of benzene rings is 1. The van der Waals surface area contributed by atoms with E-state index in [1.165, 1.54) is 44.2 Å².